The van der Waals surface area contributed by atoms with Gasteiger partial charge in [0.1, 0.15) is 5.82 Å². The molecule has 1 aliphatic heterocycles. The summed E-state index contributed by atoms with van der Waals surface area (Å²) in [5, 5.41) is 1.55. The molecule has 6 nitrogen and oxygen atoms in total. The number of hydrogen-bond acceptors (Lipinski definition) is 4. The van der Waals surface area contributed by atoms with Crippen LogP contribution in [0.1, 0.15) is 0 Å². The summed E-state index contributed by atoms with van der Waals surface area (Å²) in [6.45, 7) is 2.02. The van der Waals surface area contributed by atoms with Gasteiger partial charge in [-0.25, -0.2) is 8.42 Å². The van der Waals surface area contributed by atoms with Crippen LogP contribution in [0.4, 0.5) is 5.82 Å². The van der Waals surface area contributed by atoms with E-state index in [9.17, 15) is 13.2 Å². The summed E-state index contributed by atoms with van der Waals surface area (Å²) in [7, 11) is -3.14. The molecule has 1 aromatic heterocycles. The Morgan fingerprint density at radius 1 is 1.10 bits per heavy atom. The molecule has 1 saturated heterocycles. The fourth-order valence-corrected chi connectivity index (χ4v) is 3.45. The van der Waals surface area contributed by atoms with E-state index in [-0.39, 0.29) is 5.56 Å². The molecule has 1 N–H and O–H groups in total. The van der Waals surface area contributed by atoms with Crippen molar-refractivity contribution in [2.24, 2.45) is 0 Å². The van der Waals surface area contributed by atoms with Crippen LogP contribution < -0.4 is 10.5 Å². The number of aromatic amines is 1. The number of sulfonamides is 1. The Bertz CT molecular complexity index is 821. The molecule has 1 fully saturated rings. The van der Waals surface area contributed by atoms with Gasteiger partial charge in [-0.05, 0) is 17.5 Å². The molecule has 1 aromatic carbocycles. The number of rotatable bonds is 2. The van der Waals surface area contributed by atoms with Crippen LogP contribution in [0.3, 0.4) is 0 Å². The van der Waals surface area contributed by atoms with Gasteiger partial charge in [-0.15, -0.1) is 0 Å². The van der Waals surface area contributed by atoms with Crippen molar-refractivity contribution in [2.75, 3.05) is 37.3 Å². The quantitative estimate of drug-likeness (QED) is 0.882. The summed E-state index contributed by atoms with van der Waals surface area (Å²) >= 11 is 0. The van der Waals surface area contributed by atoms with E-state index in [4.69, 9.17) is 0 Å². The van der Waals surface area contributed by atoms with Gasteiger partial charge in [0.2, 0.25) is 10.0 Å². The molecule has 2 aromatic rings. The largest absolute Gasteiger partial charge is 0.355 e. The van der Waals surface area contributed by atoms with Crippen LogP contribution in [-0.4, -0.2) is 50.1 Å². The highest BCUT2D eigenvalue weighted by molar-refractivity contribution is 7.88. The Balaban J connectivity index is 1.88. The highest BCUT2D eigenvalue weighted by atomic mass is 32.2. The smallest absolute Gasteiger partial charge is 0.257 e. The van der Waals surface area contributed by atoms with Gasteiger partial charge in [-0.1, -0.05) is 18.2 Å². The van der Waals surface area contributed by atoms with E-state index in [0.29, 0.717) is 31.6 Å². The Kier molecular flexibility index (Phi) is 3.46. The first kappa shape index (κ1) is 14.1. The summed E-state index contributed by atoms with van der Waals surface area (Å²) in [6, 6.07) is 9.36. The number of hydrogen-bond donors (Lipinski definition) is 1. The van der Waals surface area contributed by atoms with Crippen molar-refractivity contribution in [1.82, 2.24) is 9.29 Å². The van der Waals surface area contributed by atoms with Crippen LogP contribution in [0, 0.1) is 0 Å². The standard InChI is InChI=1S/C14H17N3O3S/c1-21(19,20)17-8-6-16(7-9-17)13-10-11-4-2-3-5-12(11)14(18)15-13/h2-5,10H,6-9H2,1H3,(H,15,18). The average molecular weight is 307 g/mol. The van der Waals surface area contributed by atoms with E-state index in [1.807, 2.05) is 29.2 Å². The second-order valence-electron chi connectivity index (χ2n) is 5.22. The fraction of sp³-hybridized carbons (Fsp3) is 0.357. The van der Waals surface area contributed by atoms with Crippen LogP contribution >= 0.6 is 0 Å². The number of anilines is 1. The van der Waals surface area contributed by atoms with Gasteiger partial charge in [-0.3, -0.25) is 4.79 Å². The van der Waals surface area contributed by atoms with Crippen molar-refractivity contribution < 1.29 is 8.42 Å². The van der Waals surface area contributed by atoms with Crippen molar-refractivity contribution in [3.8, 4) is 0 Å². The van der Waals surface area contributed by atoms with Crippen LogP contribution in [0.5, 0.6) is 0 Å². The number of aromatic nitrogens is 1. The first-order chi connectivity index (χ1) is 9.95. The number of nitrogens with one attached hydrogen (secondary N) is 1. The third-order valence-electron chi connectivity index (χ3n) is 3.79. The molecule has 112 valence electrons. The van der Waals surface area contributed by atoms with Gasteiger partial charge >= 0.3 is 0 Å². The summed E-state index contributed by atoms with van der Waals surface area (Å²) in [4.78, 5) is 17.0. The minimum Gasteiger partial charge on any atom is -0.355 e. The van der Waals surface area contributed by atoms with E-state index in [1.54, 1.807) is 6.07 Å². The lowest BCUT2D eigenvalue weighted by Crippen LogP contribution is -2.48. The van der Waals surface area contributed by atoms with Crippen LogP contribution in [0.25, 0.3) is 10.8 Å². The molecule has 0 bridgehead atoms. The van der Waals surface area contributed by atoms with Crippen molar-refractivity contribution in [3.05, 3.63) is 40.7 Å². The molecule has 0 radical (unpaired) electrons. The minimum atomic E-state index is -3.14. The molecule has 0 saturated carbocycles. The van der Waals surface area contributed by atoms with Crippen molar-refractivity contribution >= 4 is 26.6 Å². The van der Waals surface area contributed by atoms with E-state index in [1.165, 1.54) is 10.6 Å². The lowest BCUT2D eigenvalue weighted by molar-refractivity contribution is 0.387. The zero-order valence-electron chi connectivity index (χ0n) is 11.7. The molecule has 21 heavy (non-hydrogen) atoms. The molecule has 0 unspecified atom stereocenters. The molecule has 2 heterocycles. The molecule has 3 rings (SSSR count). The maximum absolute atomic E-state index is 12.1. The Morgan fingerprint density at radius 3 is 2.43 bits per heavy atom. The summed E-state index contributed by atoms with van der Waals surface area (Å²) < 4.78 is 24.5. The minimum absolute atomic E-state index is 0.117. The number of fused-ring (bicyclic) bond motifs is 1. The second kappa shape index (κ2) is 5.16. The number of H-pyrrole nitrogens is 1. The van der Waals surface area contributed by atoms with Gasteiger partial charge < -0.3 is 9.88 Å². The van der Waals surface area contributed by atoms with Crippen molar-refractivity contribution in [2.45, 2.75) is 0 Å². The highest BCUT2D eigenvalue weighted by Crippen LogP contribution is 2.18. The Morgan fingerprint density at radius 2 is 1.76 bits per heavy atom. The second-order valence-corrected chi connectivity index (χ2v) is 7.20. The van der Waals surface area contributed by atoms with E-state index in [0.717, 1.165) is 11.2 Å². The third-order valence-corrected chi connectivity index (χ3v) is 5.09. The molecule has 1 aliphatic rings. The number of benzene rings is 1. The molecule has 0 amide bonds. The summed E-state index contributed by atoms with van der Waals surface area (Å²) in [5.41, 5.74) is -0.117. The topological polar surface area (TPSA) is 73.5 Å². The van der Waals surface area contributed by atoms with Gasteiger partial charge in [0, 0.05) is 31.6 Å². The zero-order valence-corrected chi connectivity index (χ0v) is 12.6. The van der Waals surface area contributed by atoms with Crippen molar-refractivity contribution in [3.63, 3.8) is 0 Å². The van der Waals surface area contributed by atoms with E-state index >= 15 is 0 Å². The predicted molar refractivity (Wildman–Crippen MR) is 83.2 cm³/mol. The molecule has 0 aliphatic carbocycles. The molecule has 0 spiro atoms. The summed E-state index contributed by atoms with van der Waals surface area (Å²) in [6.07, 6.45) is 1.22. The summed E-state index contributed by atoms with van der Waals surface area (Å²) in [5.74, 6) is 0.742. The molecular weight excluding hydrogens is 290 g/mol. The van der Waals surface area contributed by atoms with Crippen molar-refractivity contribution in [1.29, 1.82) is 0 Å². The van der Waals surface area contributed by atoms with Gasteiger partial charge in [0.15, 0.2) is 0 Å². The lowest BCUT2D eigenvalue weighted by Gasteiger charge is -2.34. The lowest BCUT2D eigenvalue weighted by atomic mass is 10.1. The SMILES string of the molecule is CS(=O)(=O)N1CCN(c2cc3ccccc3c(=O)[nH]2)CC1. The molecular formula is C14H17N3O3S. The van der Waals surface area contributed by atoms with Gasteiger partial charge in [0.25, 0.3) is 5.56 Å². The van der Waals surface area contributed by atoms with Crippen LogP contribution in [0.2, 0.25) is 0 Å². The maximum Gasteiger partial charge on any atom is 0.257 e. The van der Waals surface area contributed by atoms with E-state index < -0.39 is 10.0 Å². The van der Waals surface area contributed by atoms with E-state index in [2.05, 4.69) is 4.98 Å². The van der Waals surface area contributed by atoms with Gasteiger partial charge in [-0.2, -0.15) is 4.31 Å². The number of nitrogens with zero attached hydrogens (tertiary/aromatic N) is 2. The molecule has 0 atom stereocenters. The highest BCUT2D eigenvalue weighted by Gasteiger charge is 2.24. The third kappa shape index (κ3) is 2.79. The van der Waals surface area contributed by atoms with Crippen LogP contribution in [0.15, 0.2) is 35.1 Å². The van der Waals surface area contributed by atoms with Crippen LogP contribution in [-0.2, 0) is 10.0 Å². The maximum atomic E-state index is 12.1. The predicted octanol–water partition coefficient (Wildman–Crippen LogP) is 0.610. The average Bonchev–Trinajstić information content (AvgIpc) is 2.46. The fourth-order valence-electron chi connectivity index (χ4n) is 2.63. The Labute approximate surface area is 123 Å². The zero-order chi connectivity index (χ0) is 15.0. The van der Waals surface area contributed by atoms with Gasteiger partial charge in [0.05, 0.1) is 6.26 Å². The first-order valence-corrected chi connectivity index (χ1v) is 8.62. The normalized spacial score (nSPS) is 17.3. The number of pyridine rings is 1. The Hall–Kier alpha value is -1.86. The molecule has 7 heteroatoms. The first-order valence-electron chi connectivity index (χ1n) is 6.77. The monoisotopic (exact) mass is 307 g/mol. The number of piperazine rings is 1.